The molecule has 4 heteroatoms. The number of ketones is 1. The molecule has 0 amide bonds. The highest BCUT2D eigenvalue weighted by atomic mass is 16.5. The van der Waals surface area contributed by atoms with Gasteiger partial charge < -0.3 is 14.6 Å². The summed E-state index contributed by atoms with van der Waals surface area (Å²) < 4.78 is 10.7. The summed E-state index contributed by atoms with van der Waals surface area (Å²) in [5, 5.41) is 9.71. The van der Waals surface area contributed by atoms with Crippen molar-refractivity contribution >= 4 is 11.9 Å². The fraction of sp³-hybridized carbons (Fsp3) is 0.421. The van der Waals surface area contributed by atoms with E-state index in [1.807, 2.05) is 12.2 Å². The fourth-order valence-electron chi connectivity index (χ4n) is 3.77. The first-order chi connectivity index (χ1) is 10.9. The summed E-state index contributed by atoms with van der Waals surface area (Å²) in [7, 11) is 3.10. The average molecular weight is 314 g/mol. The van der Waals surface area contributed by atoms with E-state index in [1.54, 1.807) is 32.4 Å². The normalized spacial score (nSPS) is 25.0. The number of benzene rings is 1. The van der Waals surface area contributed by atoms with Crippen LogP contribution < -0.4 is 9.47 Å². The Morgan fingerprint density at radius 1 is 1.13 bits per heavy atom. The molecule has 0 heterocycles. The molecule has 4 nitrogen and oxygen atoms in total. The molecule has 1 N–H and O–H groups in total. The highest BCUT2D eigenvalue weighted by Gasteiger charge is 2.54. The number of phenolic OH excluding ortho intramolecular Hbond substituents is 1. The van der Waals surface area contributed by atoms with E-state index < -0.39 is 0 Å². The number of hydrogen-bond donors (Lipinski definition) is 1. The van der Waals surface area contributed by atoms with Crippen molar-refractivity contribution in [2.24, 2.45) is 17.3 Å². The predicted octanol–water partition coefficient (Wildman–Crippen LogP) is 3.59. The largest absolute Gasteiger partial charge is 0.508 e. The molecule has 0 unspecified atom stereocenters. The van der Waals surface area contributed by atoms with Gasteiger partial charge in [-0.3, -0.25) is 4.79 Å². The molecule has 3 aliphatic carbocycles. The third-order valence-corrected chi connectivity index (χ3v) is 5.29. The first-order valence-electron chi connectivity index (χ1n) is 7.77. The van der Waals surface area contributed by atoms with E-state index in [2.05, 4.69) is 13.8 Å². The summed E-state index contributed by atoms with van der Waals surface area (Å²) >= 11 is 0. The number of carbonyl (C=O) groups is 1. The average Bonchev–Trinajstić information content (AvgIpc) is 2.51. The second-order valence-corrected chi connectivity index (χ2v) is 6.81. The second kappa shape index (κ2) is 5.44. The topological polar surface area (TPSA) is 55.8 Å². The highest BCUT2D eigenvalue weighted by Crippen LogP contribution is 2.58. The molecule has 1 saturated carbocycles. The van der Waals surface area contributed by atoms with Gasteiger partial charge in [0.25, 0.3) is 0 Å². The Morgan fingerprint density at radius 3 is 2.22 bits per heavy atom. The number of ether oxygens (including phenoxy) is 2. The van der Waals surface area contributed by atoms with Crippen molar-refractivity contribution in [3.05, 3.63) is 35.4 Å². The van der Waals surface area contributed by atoms with Crippen molar-refractivity contribution < 1.29 is 19.4 Å². The minimum Gasteiger partial charge on any atom is -0.508 e. The molecule has 4 rings (SSSR count). The molecule has 1 fully saturated rings. The lowest BCUT2D eigenvalue weighted by molar-refractivity contribution is -0.133. The Kier molecular flexibility index (Phi) is 3.71. The van der Waals surface area contributed by atoms with Gasteiger partial charge in [-0.15, -0.1) is 0 Å². The molecule has 0 spiro atoms. The van der Waals surface area contributed by atoms with Crippen molar-refractivity contribution in [3.63, 3.8) is 0 Å². The van der Waals surface area contributed by atoms with Gasteiger partial charge in [0, 0.05) is 18.1 Å². The van der Waals surface area contributed by atoms with Crippen LogP contribution in [-0.2, 0) is 4.79 Å². The van der Waals surface area contributed by atoms with Gasteiger partial charge >= 0.3 is 0 Å². The van der Waals surface area contributed by atoms with E-state index >= 15 is 0 Å². The van der Waals surface area contributed by atoms with Gasteiger partial charge in [-0.2, -0.15) is 0 Å². The number of methoxy groups -OCH3 is 2. The molecule has 2 bridgehead atoms. The fourth-order valence-corrected chi connectivity index (χ4v) is 3.77. The molecular formula is C19H22O4. The summed E-state index contributed by atoms with van der Waals surface area (Å²) in [5.74, 6) is 1.96. The van der Waals surface area contributed by atoms with Gasteiger partial charge in [0.05, 0.1) is 19.8 Å². The molecule has 1 aromatic rings. The molecule has 0 aliphatic heterocycles. The Hall–Kier alpha value is -2.23. The van der Waals surface area contributed by atoms with Gasteiger partial charge in [-0.05, 0) is 35.5 Å². The number of aromatic hydroxyl groups is 1. The molecule has 122 valence electrons. The monoisotopic (exact) mass is 314 g/mol. The van der Waals surface area contributed by atoms with Crippen LogP contribution in [0.4, 0.5) is 0 Å². The van der Waals surface area contributed by atoms with Crippen molar-refractivity contribution in [2.45, 2.75) is 20.3 Å². The quantitative estimate of drug-likeness (QED) is 0.922. The van der Waals surface area contributed by atoms with Crippen LogP contribution in [0.25, 0.3) is 6.08 Å². The minimum absolute atomic E-state index is 0.0363. The van der Waals surface area contributed by atoms with Crippen LogP contribution in [-0.4, -0.2) is 25.1 Å². The van der Waals surface area contributed by atoms with Crippen molar-refractivity contribution in [1.29, 1.82) is 0 Å². The van der Waals surface area contributed by atoms with Crippen LogP contribution in [0.5, 0.6) is 17.2 Å². The maximum absolute atomic E-state index is 12.2. The van der Waals surface area contributed by atoms with E-state index in [4.69, 9.17) is 9.47 Å². The van der Waals surface area contributed by atoms with E-state index in [0.717, 1.165) is 17.6 Å². The van der Waals surface area contributed by atoms with E-state index in [-0.39, 0.29) is 22.9 Å². The van der Waals surface area contributed by atoms with Gasteiger partial charge in [0.15, 0.2) is 5.78 Å². The summed E-state index contributed by atoms with van der Waals surface area (Å²) in [6, 6.07) is 3.10. The van der Waals surface area contributed by atoms with Crippen LogP contribution in [0.2, 0.25) is 0 Å². The molecule has 0 saturated heterocycles. The highest BCUT2D eigenvalue weighted by molar-refractivity contribution is 5.96. The van der Waals surface area contributed by atoms with Crippen LogP contribution in [0.1, 0.15) is 25.8 Å². The van der Waals surface area contributed by atoms with Gasteiger partial charge in [-0.25, -0.2) is 0 Å². The van der Waals surface area contributed by atoms with Crippen LogP contribution in [0.15, 0.2) is 29.9 Å². The number of rotatable bonds is 4. The third-order valence-electron chi connectivity index (χ3n) is 5.29. The molecule has 0 radical (unpaired) electrons. The lowest BCUT2D eigenvalue weighted by atomic mass is 9.48. The molecule has 0 aromatic heterocycles. The Bertz CT molecular complexity index is 687. The Morgan fingerprint density at radius 2 is 1.74 bits per heavy atom. The van der Waals surface area contributed by atoms with E-state index in [1.165, 1.54) is 0 Å². The van der Waals surface area contributed by atoms with Gasteiger partial charge in [-0.1, -0.05) is 19.9 Å². The minimum atomic E-state index is 0.0363. The maximum Gasteiger partial charge on any atom is 0.159 e. The van der Waals surface area contributed by atoms with Crippen molar-refractivity contribution in [3.8, 4) is 17.2 Å². The van der Waals surface area contributed by atoms with Crippen molar-refractivity contribution in [2.75, 3.05) is 14.2 Å². The molecular weight excluding hydrogens is 292 g/mol. The van der Waals surface area contributed by atoms with Crippen LogP contribution in [0.3, 0.4) is 0 Å². The lowest BCUT2D eigenvalue weighted by Gasteiger charge is -2.54. The number of fused-ring (bicyclic) bond motifs is 1. The van der Waals surface area contributed by atoms with Crippen LogP contribution in [0, 0.1) is 17.3 Å². The second-order valence-electron chi connectivity index (χ2n) is 6.81. The SMILES string of the molecule is COc1cc(O)cc(OC)c1C=CC1=CC(=O)[C@H]2C[C@@H]1C2(C)C. The third kappa shape index (κ3) is 2.42. The lowest BCUT2D eigenvalue weighted by Crippen LogP contribution is -2.52. The Labute approximate surface area is 136 Å². The summed E-state index contributed by atoms with van der Waals surface area (Å²) in [5.41, 5.74) is 1.84. The zero-order chi connectivity index (χ0) is 16.8. The standard InChI is InChI=1S/C19H22O4/c1-19(2)14-10-15(19)16(21)7-11(14)5-6-13-17(22-3)8-12(20)9-18(13)23-4/h5-9,14-15,20H,10H2,1-4H3/t14-,15+/m0/s1. The first kappa shape index (κ1) is 15.7. The van der Waals surface area contributed by atoms with E-state index in [0.29, 0.717) is 17.4 Å². The zero-order valence-electron chi connectivity index (χ0n) is 13.9. The maximum atomic E-state index is 12.2. The summed E-state index contributed by atoms with van der Waals surface area (Å²) in [6.45, 7) is 4.32. The van der Waals surface area contributed by atoms with E-state index in [9.17, 15) is 9.90 Å². The number of allylic oxidation sites excluding steroid dienone is 3. The summed E-state index contributed by atoms with van der Waals surface area (Å²) in [6.07, 6.45) is 6.56. The predicted molar refractivity (Wildman–Crippen MR) is 88.7 cm³/mol. The molecule has 23 heavy (non-hydrogen) atoms. The number of carbonyl (C=O) groups excluding carboxylic acids is 1. The Balaban J connectivity index is 1.97. The van der Waals surface area contributed by atoms with Crippen LogP contribution >= 0.6 is 0 Å². The number of phenols is 1. The summed E-state index contributed by atoms with van der Waals surface area (Å²) in [4.78, 5) is 12.2. The van der Waals surface area contributed by atoms with Gasteiger partial charge in [0.1, 0.15) is 17.2 Å². The molecule has 2 atom stereocenters. The smallest absolute Gasteiger partial charge is 0.159 e. The molecule has 1 aromatic carbocycles. The number of hydrogen-bond acceptors (Lipinski definition) is 4. The van der Waals surface area contributed by atoms with Crippen molar-refractivity contribution in [1.82, 2.24) is 0 Å². The van der Waals surface area contributed by atoms with Gasteiger partial charge in [0.2, 0.25) is 0 Å². The molecule has 3 aliphatic rings. The first-order valence-corrected chi connectivity index (χ1v) is 7.77. The zero-order valence-corrected chi connectivity index (χ0v) is 13.9.